The van der Waals surface area contributed by atoms with Crippen molar-refractivity contribution in [2.45, 2.75) is 12.5 Å². The van der Waals surface area contributed by atoms with Gasteiger partial charge >= 0.3 is 0 Å². The molecule has 1 fully saturated rings. The minimum Gasteiger partial charge on any atom is -0.493 e. The molecule has 2 aliphatic heterocycles. The quantitative estimate of drug-likeness (QED) is 0.872. The van der Waals surface area contributed by atoms with Crippen LogP contribution < -0.4 is 9.47 Å². The summed E-state index contributed by atoms with van der Waals surface area (Å²) in [5, 5.41) is 11.0. The van der Waals surface area contributed by atoms with Gasteiger partial charge in [0.2, 0.25) is 0 Å². The molecule has 4 rings (SSSR count). The van der Waals surface area contributed by atoms with Gasteiger partial charge in [0.25, 0.3) is 0 Å². The summed E-state index contributed by atoms with van der Waals surface area (Å²) in [6, 6.07) is 14.3. The Morgan fingerprint density at radius 3 is 2.59 bits per heavy atom. The maximum Gasteiger partial charge on any atom is 0.164 e. The lowest BCUT2D eigenvalue weighted by Gasteiger charge is -2.46. The molecule has 2 atom stereocenters. The standard InChI is InChI=1S/C21H24N2O3S/c1-25-18-10-14-8-9-23-20(17(14)11-19(18)26-2)15(12-24)13-27-21(23)22-16-6-4-3-5-7-16/h3-7,10-11,15,20,24H,8-9,12-13H2,1-2H3/t15-,20-/m1/s1. The van der Waals surface area contributed by atoms with Crippen LogP contribution in [0.5, 0.6) is 11.5 Å². The lowest BCUT2D eigenvalue weighted by Crippen LogP contribution is -2.47. The second kappa shape index (κ2) is 7.82. The van der Waals surface area contributed by atoms with Crippen LogP contribution in [0.3, 0.4) is 0 Å². The van der Waals surface area contributed by atoms with Crippen molar-refractivity contribution in [3.63, 3.8) is 0 Å². The highest BCUT2D eigenvalue weighted by molar-refractivity contribution is 8.13. The first-order valence-corrected chi connectivity index (χ1v) is 10.1. The third-order valence-corrected chi connectivity index (χ3v) is 6.43. The Hall–Kier alpha value is -2.18. The molecule has 0 aliphatic carbocycles. The fourth-order valence-corrected chi connectivity index (χ4v) is 5.11. The van der Waals surface area contributed by atoms with E-state index in [2.05, 4.69) is 17.0 Å². The summed E-state index contributed by atoms with van der Waals surface area (Å²) < 4.78 is 11.0. The van der Waals surface area contributed by atoms with Crippen LogP contribution in [0.4, 0.5) is 5.69 Å². The third-order valence-electron chi connectivity index (χ3n) is 5.26. The average Bonchev–Trinajstić information content (AvgIpc) is 2.73. The fourth-order valence-electron chi connectivity index (χ4n) is 3.92. The van der Waals surface area contributed by atoms with Gasteiger partial charge in [-0.15, -0.1) is 0 Å². The van der Waals surface area contributed by atoms with E-state index in [1.54, 1.807) is 26.0 Å². The second-order valence-electron chi connectivity index (χ2n) is 6.78. The zero-order valence-corrected chi connectivity index (χ0v) is 16.4. The molecule has 2 aromatic carbocycles. The highest BCUT2D eigenvalue weighted by Crippen LogP contribution is 2.45. The maximum atomic E-state index is 10.0. The van der Waals surface area contributed by atoms with E-state index in [1.165, 1.54) is 11.1 Å². The Bertz CT molecular complexity index is 841. The lowest BCUT2D eigenvalue weighted by molar-refractivity contribution is 0.149. The number of fused-ring (bicyclic) bond motifs is 3. The Balaban J connectivity index is 1.76. The van der Waals surface area contributed by atoms with Gasteiger partial charge in [-0.2, -0.15) is 0 Å². The predicted molar refractivity (Wildman–Crippen MR) is 109 cm³/mol. The lowest BCUT2D eigenvalue weighted by atomic mass is 9.85. The number of para-hydroxylation sites is 1. The zero-order chi connectivity index (χ0) is 18.8. The summed E-state index contributed by atoms with van der Waals surface area (Å²) in [6.07, 6.45) is 0.915. The van der Waals surface area contributed by atoms with E-state index in [0.29, 0.717) is 0 Å². The maximum absolute atomic E-state index is 10.0. The van der Waals surface area contributed by atoms with Crippen molar-refractivity contribution in [1.82, 2.24) is 4.90 Å². The van der Waals surface area contributed by atoms with Gasteiger partial charge in [-0.3, -0.25) is 0 Å². The van der Waals surface area contributed by atoms with E-state index in [9.17, 15) is 5.11 Å². The van der Waals surface area contributed by atoms with Gasteiger partial charge in [-0.05, 0) is 41.8 Å². The van der Waals surface area contributed by atoms with Crippen LogP contribution in [-0.4, -0.2) is 48.3 Å². The van der Waals surface area contributed by atoms with E-state index < -0.39 is 0 Å². The molecule has 0 unspecified atom stereocenters. The topological polar surface area (TPSA) is 54.3 Å². The Kier molecular flexibility index (Phi) is 5.27. The number of aliphatic hydroxyl groups is 1. The summed E-state index contributed by atoms with van der Waals surface area (Å²) in [6.45, 7) is 1.03. The number of thioether (sulfide) groups is 1. The molecule has 0 bridgehead atoms. The van der Waals surface area contributed by atoms with Crippen molar-refractivity contribution in [3.05, 3.63) is 53.6 Å². The van der Waals surface area contributed by atoms with Crippen LogP contribution in [-0.2, 0) is 6.42 Å². The SMILES string of the molecule is COc1cc2c(cc1OC)[C@H]1[C@H](CO)CSC(=Nc3ccccc3)N1CC2. The smallest absolute Gasteiger partial charge is 0.164 e. The molecule has 5 nitrogen and oxygen atoms in total. The Morgan fingerprint density at radius 2 is 1.89 bits per heavy atom. The van der Waals surface area contributed by atoms with Gasteiger partial charge in [0.05, 0.1) is 25.9 Å². The highest BCUT2D eigenvalue weighted by Gasteiger charge is 2.40. The molecular weight excluding hydrogens is 360 g/mol. The largest absolute Gasteiger partial charge is 0.493 e. The second-order valence-corrected chi connectivity index (χ2v) is 7.76. The summed E-state index contributed by atoms with van der Waals surface area (Å²) >= 11 is 1.73. The Morgan fingerprint density at radius 1 is 1.15 bits per heavy atom. The normalized spacial score (nSPS) is 22.9. The first-order chi connectivity index (χ1) is 13.2. The van der Waals surface area contributed by atoms with E-state index in [1.807, 2.05) is 30.3 Å². The van der Waals surface area contributed by atoms with Crippen molar-refractivity contribution in [3.8, 4) is 11.5 Å². The van der Waals surface area contributed by atoms with Crippen LogP contribution in [0.25, 0.3) is 0 Å². The molecule has 0 spiro atoms. The molecule has 27 heavy (non-hydrogen) atoms. The number of amidine groups is 1. The number of methoxy groups -OCH3 is 2. The van der Waals surface area contributed by atoms with E-state index in [0.717, 1.165) is 41.1 Å². The third kappa shape index (κ3) is 3.39. The number of hydrogen-bond donors (Lipinski definition) is 1. The summed E-state index contributed by atoms with van der Waals surface area (Å²) in [7, 11) is 3.32. The van der Waals surface area contributed by atoms with Crippen LogP contribution in [0.2, 0.25) is 0 Å². The molecule has 1 saturated heterocycles. The van der Waals surface area contributed by atoms with Gasteiger partial charge in [0.15, 0.2) is 16.7 Å². The van der Waals surface area contributed by atoms with Crippen LogP contribution >= 0.6 is 11.8 Å². The number of ether oxygens (including phenoxy) is 2. The fraction of sp³-hybridized carbons (Fsp3) is 0.381. The predicted octanol–water partition coefficient (Wildman–Crippen LogP) is 3.65. The van der Waals surface area contributed by atoms with Crippen molar-refractivity contribution in [2.24, 2.45) is 10.9 Å². The number of hydrogen-bond acceptors (Lipinski definition) is 5. The molecule has 1 N–H and O–H groups in total. The van der Waals surface area contributed by atoms with Crippen LogP contribution in [0.1, 0.15) is 17.2 Å². The highest BCUT2D eigenvalue weighted by atomic mass is 32.2. The van der Waals surface area contributed by atoms with E-state index in [-0.39, 0.29) is 18.6 Å². The minimum atomic E-state index is 0.0993. The molecule has 0 aromatic heterocycles. The molecule has 2 aromatic rings. The van der Waals surface area contributed by atoms with Gasteiger partial charge in [0, 0.05) is 24.8 Å². The number of aliphatic hydroxyl groups excluding tert-OH is 1. The van der Waals surface area contributed by atoms with E-state index in [4.69, 9.17) is 14.5 Å². The van der Waals surface area contributed by atoms with E-state index >= 15 is 0 Å². The Labute approximate surface area is 164 Å². The summed E-state index contributed by atoms with van der Waals surface area (Å²) in [4.78, 5) is 7.23. The van der Waals surface area contributed by atoms with Crippen molar-refractivity contribution < 1.29 is 14.6 Å². The number of benzene rings is 2. The molecule has 2 aliphatic rings. The van der Waals surface area contributed by atoms with Gasteiger partial charge in [0.1, 0.15) is 0 Å². The molecule has 6 heteroatoms. The molecule has 2 heterocycles. The molecule has 142 valence electrons. The minimum absolute atomic E-state index is 0.0993. The summed E-state index contributed by atoms with van der Waals surface area (Å²) in [5.41, 5.74) is 3.43. The number of rotatable bonds is 4. The molecule has 0 radical (unpaired) electrons. The first-order valence-electron chi connectivity index (χ1n) is 9.14. The van der Waals surface area contributed by atoms with Crippen molar-refractivity contribution in [1.29, 1.82) is 0 Å². The van der Waals surface area contributed by atoms with Gasteiger partial charge < -0.3 is 19.5 Å². The first kappa shape index (κ1) is 18.2. The monoisotopic (exact) mass is 384 g/mol. The van der Waals surface area contributed by atoms with Crippen LogP contribution in [0.15, 0.2) is 47.5 Å². The molecule has 0 saturated carbocycles. The van der Waals surface area contributed by atoms with Crippen molar-refractivity contribution >= 4 is 22.6 Å². The molecule has 0 amide bonds. The van der Waals surface area contributed by atoms with Gasteiger partial charge in [-0.25, -0.2) is 4.99 Å². The number of nitrogens with zero attached hydrogens (tertiary/aromatic N) is 2. The van der Waals surface area contributed by atoms with Gasteiger partial charge in [-0.1, -0.05) is 30.0 Å². The van der Waals surface area contributed by atoms with Crippen molar-refractivity contribution in [2.75, 3.05) is 33.1 Å². The average molecular weight is 385 g/mol. The zero-order valence-electron chi connectivity index (χ0n) is 15.6. The number of aliphatic imine (C=N–C) groups is 1. The summed E-state index contributed by atoms with van der Waals surface area (Å²) in [5.74, 6) is 2.49. The van der Waals surface area contributed by atoms with Crippen LogP contribution in [0, 0.1) is 5.92 Å². The molecular formula is C21H24N2O3S.